The van der Waals surface area contributed by atoms with Gasteiger partial charge in [-0.15, -0.1) is 0 Å². The zero-order valence-electron chi connectivity index (χ0n) is 8.32. The Kier molecular flexibility index (Phi) is 3.46. The van der Waals surface area contributed by atoms with Crippen molar-refractivity contribution in [3.63, 3.8) is 0 Å². The van der Waals surface area contributed by atoms with E-state index in [4.69, 9.17) is 0 Å². The van der Waals surface area contributed by atoms with Gasteiger partial charge in [0.1, 0.15) is 22.6 Å². The summed E-state index contributed by atoms with van der Waals surface area (Å²) in [7, 11) is 0. The lowest BCUT2D eigenvalue weighted by Crippen LogP contribution is -2.01. The first-order chi connectivity index (χ1) is 7.74. The smallest absolute Gasteiger partial charge is 0.130 e. The van der Waals surface area contributed by atoms with Crippen molar-refractivity contribution in [1.29, 1.82) is 0 Å². The van der Waals surface area contributed by atoms with Crippen LogP contribution < -0.4 is 5.32 Å². The summed E-state index contributed by atoms with van der Waals surface area (Å²) in [6.07, 6.45) is 1.46. The summed E-state index contributed by atoms with van der Waals surface area (Å²) in [6.45, 7) is 0.529. The highest BCUT2D eigenvalue weighted by atomic mass is 79.9. The van der Waals surface area contributed by atoms with Crippen LogP contribution in [0.3, 0.4) is 0 Å². The summed E-state index contributed by atoms with van der Waals surface area (Å²) < 4.78 is 13.6. The molecule has 0 saturated heterocycles. The van der Waals surface area contributed by atoms with Crippen molar-refractivity contribution in [2.45, 2.75) is 6.54 Å². The Bertz CT molecular complexity index is 445. The van der Waals surface area contributed by atoms with Gasteiger partial charge in [-0.2, -0.15) is 0 Å². The predicted octanol–water partition coefficient (Wildman–Crippen LogP) is 2.99. The predicted molar refractivity (Wildman–Crippen MR) is 63.5 cm³/mol. The lowest BCUT2D eigenvalue weighted by molar-refractivity contribution is 0.626. The van der Waals surface area contributed by atoms with Crippen molar-refractivity contribution in [2.24, 2.45) is 0 Å². The molecule has 0 atom stereocenters. The normalized spacial score (nSPS) is 10.1. The Morgan fingerprint density at radius 2 is 2.12 bits per heavy atom. The van der Waals surface area contributed by atoms with Crippen molar-refractivity contribution in [1.82, 2.24) is 9.97 Å². The van der Waals surface area contributed by atoms with E-state index in [0.717, 1.165) is 5.56 Å². The highest BCUT2D eigenvalue weighted by Crippen LogP contribution is 2.11. The lowest BCUT2D eigenvalue weighted by atomic mass is 10.2. The molecule has 82 valence electrons. The average Bonchev–Trinajstić information content (AvgIpc) is 2.27. The molecule has 3 nitrogen and oxygen atoms in total. The Balaban J connectivity index is 2.02. The number of nitrogens with zero attached hydrogens (tertiary/aromatic N) is 2. The fourth-order valence-electron chi connectivity index (χ4n) is 1.27. The van der Waals surface area contributed by atoms with Crippen molar-refractivity contribution in [3.05, 3.63) is 52.6 Å². The maximum atomic E-state index is 12.9. The van der Waals surface area contributed by atoms with Crippen LogP contribution >= 0.6 is 15.9 Å². The van der Waals surface area contributed by atoms with E-state index in [-0.39, 0.29) is 5.82 Å². The second-order valence-electron chi connectivity index (χ2n) is 3.21. The number of rotatable bonds is 3. The largest absolute Gasteiger partial charge is 0.366 e. The quantitative estimate of drug-likeness (QED) is 0.879. The molecule has 2 aromatic rings. The van der Waals surface area contributed by atoms with E-state index in [9.17, 15) is 4.39 Å². The summed E-state index contributed by atoms with van der Waals surface area (Å²) in [5.74, 6) is 0.467. The minimum absolute atomic E-state index is 0.233. The Labute approximate surface area is 101 Å². The number of benzene rings is 1. The van der Waals surface area contributed by atoms with Gasteiger partial charge in [0, 0.05) is 12.6 Å². The van der Waals surface area contributed by atoms with E-state index in [0.29, 0.717) is 17.0 Å². The summed E-state index contributed by atoms with van der Waals surface area (Å²) in [5.41, 5.74) is 0.870. The van der Waals surface area contributed by atoms with E-state index in [1.54, 1.807) is 12.1 Å². The van der Waals surface area contributed by atoms with Gasteiger partial charge in [-0.05, 0) is 33.6 Å². The van der Waals surface area contributed by atoms with Gasteiger partial charge in [0.25, 0.3) is 0 Å². The molecular weight excluding hydrogens is 273 g/mol. The molecule has 0 unspecified atom stereocenters. The van der Waals surface area contributed by atoms with Gasteiger partial charge in [-0.25, -0.2) is 14.4 Å². The van der Waals surface area contributed by atoms with Crippen LogP contribution in [0.2, 0.25) is 0 Å². The maximum Gasteiger partial charge on any atom is 0.130 e. The molecule has 1 aromatic heterocycles. The third-order valence-electron chi connectivity index (χ3n) is 2.00. The topological polar surface area (TPSA) is 37.8 Å². The first-order valence-corrected chi connectivity index (χ1v) is 5.49. The fourth-order valence-corrected chi connectivity index (χ4v) is 1.58. The van der Waals surface area contributed by atoms with E-state index >= 15 is 0 Å². The molecule has 0 radical (unpaired) electrons. The van der Waals surface area contributed by atoms with Crippen LogP contribution in [-0.2, 0) is 6.54 Å². The molecule has 5 heteroatoms. The van der Waals surface area contributed by atoms with Crippen molar-refractivity contribution >= 4 is 21.7 Å². The van der Waals surface area contributed by atoms with Gasteiger partial charge in [0.05, 0.1) is 0 Å². The summed E-state index contributed by atoms with van der Waals surface area (Å²) >= 11 is 3.25. The monoisotopic (exact) mass is 281 g/mol. The molecule has 1 heterocycles. The van der Waals surface area contributed by atoms with Gasteiger partial charge in [0.15, 0.2) is 0 Å². The first kappa shape index (κ1) is 11.0. The van der Waals surface area contributed by atoms with Crippen LogP contribution in [0.15, 0.2) is 41.3 Å². The average molecular weight is 282 g/mol. The first-order valence-electron chi connectivity index (χ1n) is 4.70. The Morgan fingerprint density at radius 1 is 1.25 bits per heavy atom. The fraction of sp³-hybridized carbons (Fsp3) is 0.0909. The van der Waals surface area contributed by atoms with Gasteiger partial charge in [0.2, 0.25) is 0 Å². The van der Waals surface area contributed by atoms with E-state index in [1.165, 1.54) is 18.5 Å². The highest BCUT2D eigenvalue weighted by molar-refractivity contribution is 9.10. The maximum absolute atomic E-state index is 12.9. The van der Waals surface area contributed by atoms with E-state index in [1.807, 2.05) is 6.07 Å². The Morgan fingerprint density at radius 3 is 2.88 bits per heavy atom. The molecule has 0 amide bonds. The Hall–Kier alpha value is -1.49. The number of aromatic nitrogens is 2. The number of anilines is 1. The zero-order valence-corrected chi connectivity index (χ0v) is 9.91. The molecule has 2 rings (SSSR count). The third kappa shape index (κ3) is 3.00. The van der Waals surface area contributed by atoms with Crippen molar-refractivity contribution in [3.8, 4) is 0 Å². The second-order valence-corrected chi connectivity index (χ2v) is 4.02. The van der Waals surface area contributed by atoms with Crippen LogP contribution in [0.1, 0.15) is 5.56 Å². The van der Waals surface area contributed by atoms with Crippen LogP contribution in [0, 0.1) is 5.82 Å². The lowest BCUT2D eigenvalue weighted by Gasteiger charge is -2.05. The van der Waals surface area contributed by atoms with Gasteiger partial charge < -0.3 is 5.32 Å². The minimum atomic E-state index is -0.233. The number of nitrogens with one attached hydrogen (secondary N) is 1. The van der Waals surface area contributed by atoms with Crippen molar-refractivity contribution < 1.29 is 4.39 Å². The molecule has 1 aromatic carbocycles. The van der Waals surface area contributed by atoms with Gasteiger partial charge in [-0.1, -0.05) is 12.1 Å². The molecule has 0 aliphatic rings. The molecule has 0 spiro atoms. The van der Waals surface area contributed by atoms with E-state index < -0.39 is 0 Å². The SMILES string of the molecule is Fc1cccc(CNc2cc(Br)ncn2)c1. The molecule has 0 saturated carbocycles. The molecule has 1 N–H and O–H groups in total. The second kappa shape index (κ2) is 5.03. The van der Waals surface area contributed by atoms with Gasteiger partial charge >= 0.3 is 0 Å². The van der Waals surface area contributed by atoms with Crippen molar-refractivity contribution in [2.75, 3.05) is 5.32 Å². The highest BCUT2D eigenvalue weighted by Gasteiger charge is 1.97. The van der Waals surface area contributed by atoms with Crippen LogP contribution in [-0.4, -0.2) is 9.97 Å². The molecular formula is C11H9BrFN3. The molecule has 16 heavy (non-hydrogen) atoms. The number of halogens is 2. The molecule has 0 aliphatic heterocycles. The van der Waals surface area contributed by atoms with Crippen LogP contribution in [0.5, 0.6) is 0 Å². The minimum Gasteiger partial charge on any atom is -0.366 e. The zero-order chi connectivity index (χ0) is 11.4. The summed E-state index contributed by atoms with van der Waals surface area (Å²) in [4.78, 5) is 7.95. The van der Waals surface area contributed by atoms with E-state index in [2.05, 4.69) is 31.2 Å². The molecule has 0 aliphatic carbocycles. The van der Waals surface area contributed by atoms with Gasteiger partial charge in [-0.3, -0.25) is 0 Å². The summed E-state index contributed by atoms with van der Waals surface area (Å²) in [6, 6.07) is 8.21. The standard InChI is InChI=1S/C11H9BrFN3/c12-10-5-11(16-7-15-10)14-6-8-2-1-3-9(13)4-8/h1-5,7H,6H2,(H,14,15,16). The molecule has 0 bridgehead atoms. The summed E-state index contributed by atoms with van der Waals surface area (Å²) in [5, 5.41) is 3.08. The number of hydrogen-bond acceptors (Lipinski definition) is 3. The number of hydrogen-bond donors (Lipinski definition) is 1. The van der Waals surface area contributed by atoms with Crippen LogP contribution in [0.4, 0.5) is 10.2 Å². The van der Waals surface area contributed by atoms with Crippen LogP contribution in [0.25, 0.3) is 0 Å². The molecule has 0 fully saturated rings. The third-order valence-corrected chi connectivity index (χ3v) is 2.43.